The maximum Gasteiger partial charge on any atom is 0.175 e. The fraction of sp³-hybridized carbons (Fsp3) is 0.154. The fourth-order valence-corrected chi connectivity index (χ4v) is 1.88. The summed E-state index contributed by atoms with van der Waals surface area (Å²) in [7, 11) is 1.97. The molecule has 0 radical (unpaired) electrons. The summed E-state index contributed by atoms with van der Waals surface area (Å²) in [5.41, 5.74) is 1.12. The number of ether oxygens (including phenoxy) is 1. The van der Waals surface area contributed by atoms with Crippen molar-refractivity contribution in [2.45, 2.75) is 6.10 Å². The summed E-state index contributed by atoms with van der Waals surface area (Å²) >= 11 is 0. The van der Waals surface area contributed by atoms with E-state index in [9.17, 15) is 0 Å². The van der Waals surface area contributed by atoms with Crippen LogP contribution in [0.1, 0.15) is 17.5 Å². The minimum Gasteiger partial charge on any atom is -0.478 e. The van der Waals surface area contributed by atoms with Crippen molar-refractivity contribution in [3.63, 3.8) is 0 Å². The number of nitrogens with zero attached hydrogens (tertiary/aromatic N) is 2. The minimum absolute atomic E-state index is 0.0881. The highest BCUT2D eigenvalue weighted by molar-refractivity contribution is 5.59. The highest BCUT2D eigenvalue weighted by Gasteiger charge is 2.19. The van der Waals surface area contributed by atoms with Gasteiger partial charge in [0.05, 0.1) is 0 Å². The lowest BCUT2D eigenvalue weighted by molar-refractivity contribution is 0.237. The molecule has 2 heterocycles. The lowest BCUT2D eigenvalue weighted by atomic mass is 10.1. The largest absolute Gasteiger partial charge is 0.478 e. The molecule has 1 unspecified atom stereocenters. The zero-order valence-corrected chi connectivity index (χ0v) is 9.00. The van der Waals surface area contributed by atoms with E-state index in [1.165, 1.54) is 0 Å². The van der Waals surface area contributed by atoms with Crippen LogP contribution in [0, 0.1) is 0 Å². The lowest BCUT2D eigenvalue weighted by Gasteiger charge is -2.20. The molecule has 1 aromatic carbocycles. The average molecular weight is 212 g/mol. The second-order valence-electron chi connectivity index (χ2n) is 3.83. The number of hydrogen-bond acceptors (Lipinski definition) is 2. The van der Waals surface area contributed by atoms with Crippen LogP contribution < -0.4 is 4.74 Å². The quantitative estimate of drug-likeness (QED) is 0.726. The third kappa shape index (κ3) is 1.41. The van der Waals surface area contributed by atoms with Crippen molar-refractivity contribution in [1.29, 1.82) is 0 Å². The Balaban J connectivity index is 1.97. The van der Waals surface area contributed by atoms with Gasteiger partial charge in [-0.25, -0.2) is 4.98 Å². The van der Waals surface area contributed by atoms with E-state index in [1.54, 1.807) is 6.20 Å². The van der Waals surface area contributed by atoms with Gasteiger partial charge in [0.2, 0.25) is 0 Å². The van der Waals surface area contributed by atoms with Crippen LogP contribution in [0.4, 0.5) is 0 Å². The van der Waals surface area contributed by atoms with Crippen LogP contribution in [0.5, 0.6) is 5.75 Å². The molecule has 80 valence electrons. The van der Waals surface area contributed by atoms with Crippen molar-refractivity contribution < 1.29 is 4.74 Å². The molecule has 0 spiro atoms. The summed E-state index contributed by atoms with van der Waals surface area (Å²) in [4.78, 5) is 4.30. The van der Waals surface area contributed by atoms with Gasteiger partial charge in [-0.15, -0.1) is 0 Å². The molecule has 2 aromatic rings. The Kier molecular flexibility index (Phi) is 2.03. The van der Waals surface area contributed by atoms with E-state index >= 15 is 0 Å². The van der Waals surface area contributed by atoms with Gasteiger partial charge >= 0.3 is 0 Å². The maximum absolute atomic E-state index is 5.89. The Hall–Kier alpha value is -2.03. The van der Waals surface area contributed by atoms with Crippen LogP contribution in [-0.4, -0.2) is 9.55 Å². The Morgan fingerprint density at radius 1 is 1.31 bits per heavy atom. The molecule has 1 aliphatic rings. The molecular formula is C13H12N2O. The molecule has 16 heavy (non-hydrogen) atoms. The smallest absolute Gasteiger partial charge is 0.175 e. The second-order valence-corrected chi connectivity index (χ2v) is 3.83. The van der Waals surface area contributed by atoms with Crippen LogP contribution >= 0.6 is 0 Å². The van der Waals surface area contributed by atoms with E-state index in [2.05, 4.69) is 11.1 Å². The number of fused-ring (bicyclic) bond motifs is 1. The van der Waals surface area contributed by atoms with Gasteiger partial charge in [0.15, 0.2) is 11.9 Å². The number of imidazole rings is 1. The summed E-state index contributed by atoms with van der Waals surface area (Å²) in [5, 5.41) is 0. The monoisotopic (exact) mass is 212 g/mol. The van der Waals surface area contributed by atoms with Crippen LogP contribution in [0.3, 0.4) is 0 Å². The van der Waals surface area contributed by atoms with E-state index < -0.39 is 0 Å². The first-order chi connectivity index (χ1) is 7.84. The Morgan fingerprint density at radius 2 is 2.19 bits per heavy atom. The van der Waals surface area contributed by atoms with Crippen LogP contribution in [0.15, 0.2) is 42.7 Å². The van der Waals surface area contributed by atoms with E-state index in [0.29, 0.717) is 0 Å². The maximum atomic E-state index is 5.89. The molecule has 3 nitrogen and oxygen atoms in total. The topological polar surface area (TPSA) is 27.1 Å². The molecule has 0 saturated heterocycles. The van der Waals surface area contributed by atoms with E-state index in [1.807, 2.05) is 48.2 Å². The standard InChI is InChI=1S/C13H12N2O/c1-15-9-8-14-13(15)12-7-6-10-4-2-3-5-11(10)16-12/h2-9,12H,1H3. The summed E-state index contributed by atoms with van der Waals surface area (Å²) in [6.45, 7) is 0. The molecular weight excluding hydrogens is 200 g/mol. The number of benzene rings is 1. The van der Waals surface area contributed by atoms with Crippen molar-refractivity contribution in [3.8, 4) is 5.75 Å². The normalized spacial score (nSPS) is 17.9. The molecule has 0 bridgehead atoms. The van der Waals surface area contributed by atoms with Gasteiger partial charge < -0.3 is 9.30 Å². The van der Waals surface area contributed by atoms with Crippen molar-refractivity contribution in [2.75, 3.05) is 0 Å². The highest BCUT2D eigenvalue weighted by Crippen LogP contribution is 2.31. The molecule has 1 atom stereocenters. The second kappa shape index (κ2) is 3.52. The van der Waals surface area contributed by atoms with Gasteiger partial charge in [0.25, 0.3) is 0 Å². The molecule has 0 fully saturated rings. The Labute approximate surface area is 94.0 Å². The number of rotatable bonds is 1. The molecule has 0 amide bonds. The van der Waals surface area contributed by atoms with E-state index in [-0.39, 0.29) is 6.10 Å². The van der Waals surface area contributed by atoms with Crippen LogP contribution in [-0.2, 0) is 7.05 Å². The number of para-hydroxylation sites is 1. The van der Waals surface area contributed by atoms with Crippen LogP contribution in [0.2, 0.25) is 0 Å². The van der Waals surface area contributed by atoms with Gasteiger partial charge in [-0.2, -0.15) is 0 Å². The summed E-state index contributed by atoms with van der Waals surface area (Å²) in [5.74, 6) is 1.84. The van der Waals surface area contributed by atoms with Gasteiger partial charge in [-0.3, -0.25) is 0 Å². The van der Waals surface area contributed by atoms with Crippen molar-refractivity contribution >= 4 is 6.08 Å². The lowest BCUT2D eigenvalue weighted by Crippen LogP contribution is -2.13. The van der Waals surface area contributed by atoms with Gasteiger partial charge in [0, 0.05) is 25.0 Å². The minimum atomic E-state index is -0.0881. The summed E-state index contributed by atoms with van der Waals surface area (Å²) in [6.07, 6.45) is 7.73. The van der Waals surface area contributed by atoms with Crippen molar-refractivity contribution in [1.82, 2.24) is 9.55 Å². The van der Waals surface area contributed by atoms with Crippen molar-refractivity contribution in [3.05, 3.63) is 54.1 Å². The highest BCUT2D eigenvalue weighted by atomic mass is 16.5. The average Bonchev–Trinajstić information content (AvgIpc) is 2.75. The predicted molar refractivity (Wildman–Crippen MR) is 62.1 cm³/mol. The van der Waals surface area contributed by atoms with Crippen LogP contribution in [0.25, 0.3) is 6.08 Å². The first kappa shape index (κ1) is 9.21. The molecule has 1 aromatic heterocycles. The number of aryl methyl sites for hydroxylation is 1. The molecule has 0 saturated carbocycles. The third-order valence-corrected chi connectivity index (χ3v) is 2.74. The zero-order valence-electron chi connectivity index (χ0n) is 9.00. The van der Waals surface area contributed by atoms with Gasteiger partial charge in [-0.1, -0.05) is 24.3 Å². The molecule has 0 aliphatic carbocycles. The van der Waals surface area contributed by atoms with E-state index in [0.717, 1.165) is 17.1 Å². The number of aromatic nitrogens is 2. The number of hydrogen-bond donors (Lipinski definition) is 0. The molecule has 3 heteroatoms. The summed E-state index contributed by atoms with van der Waals surface area (Å²) < 4.78 is 7.86. The SMILES string of the molecule is Cn1ccnc1C1C=Cc2ccccc2O1. The van der Waals surface area contributed by atoms with Gasteiger partial charge in [-0.05, 0) is 12.1 Å². The molecule has 3 rings (SSSR count). The third-order valence-electron chi connectivity index (χ3n) is 2.74. The Morgan fingerprint density at radius 3 is 3.00 bits per heavy atom. The fourth-order valence-electron chi connectivity index (χ4n) is 1.88. The zero-order chi connectivity index (χ0) is 11.0. The molecule has 0 N–H and O–H groups in total. The first-order valence-corrected chi connectivity index (χ1v) is 5.26. The van der Waals surface area contributed by atoms with Crippen molar-refractivity contribution in [2.24, 2.45) is 7.05 Å². The van der Waals surface area contributed by atoms with E-state index in [4.69, 9.17) is 4.74 Å². The molecule has 1 aliphatic heterocycles. The first-order valence-electron chi connectivity index (χ1n) is 5.26. The van der Waals surface area contributed by atoms with Gasteiger partial charge in [0.1, 0.15) is 5.75 Å². The summed E-state index contributed by atoms with van der Waals surface area (Å²) in [6, 6.07) is 8.01. The predicted octanol–water partition coefficient (Wildman–Crippen LogP) is 2.57. The Bertz CT molecular complexity index is 542.